The summed E-state index contributed by atoms with van der Waals surface area (Å²) in [4.78, 5) is 38.7. The van der Waals surface area contributed by atoms with E-state index in [0.717, 1.165) is 17.5 Å². The largest absolute Gasteiger partial charge is 0.346 e. The molecule has 0 spiro atoms. The zero-order valence-electron chi connectivity index (χ0n) is 18.7. The monoisotopic (exact) mass is 457 g/mol. The highest BCUT2D eigenvalue weighted by Gasteiger charge is 2.32. The lowest BCUT2D eigenvalue weighted by Crippen LogP contribution is -2.33. The lowest BCUT2D eigenvalue weighted by molar-refractivity contribution is -0.114. The van der Waals surface area contributed by atoms with E-state index in [1.54, 1.807) is 23.0 Å². The van der Waals surface area contributed by atoms with E-state index in [4.69, 9.17) is 4.84 Å². The van der Waals surface area contributed by atoms with Crippen LogP contribution in [0.5, 0.6) is 0 Å². The van der Waals surface area contributed by atoms with Crippen molar-refractivity contribution in [1.29, 1.82) is 0 Å². The summed E-state index contributed by atoms with van der Waals surface area (Å²) in [6.07, 6.45) is 4.06. The SMILES string of the molecule is CC(=O)Nc1cn2nc(-c3cnc(C)c(NC(=O)N4OCC[C@H]4c4ccccc4)c3)ccc2n1. The molecule has 0 unspecified atom stereocenters. The molecule has 1 aliphatic rings. The number of hydrogen-bond acceptors (Lipinski definition) is 6. The van der Waals surface area contributed by atoms with Crippen LogP contribution in [0, 0.1) is 6.92 Å². The molecular formula is C24H23N7O3. The number of aromatic nitrogens is 4. The zero-order chi connectivity index (χ0) is 23.7. The molecule has 0 radical (unpaired) electrons. The van der Waals surface area contributed by atoms with Crippen molar-refractivity contribution in [3.05, 3.63) is 72.2 Å². The van der Waals surface area contributed by atoms with E-state index in [1.165, 1.54) is 12.0 Å². The van der Waals surface area contributed by atoms with Gasteiger partial charge in [0.15, 0.2) is 11.5 Å². The molecule has 4 aromatic rings. The van der Waals surface area contributed by atoms with Crippen molar-refractivity contribution in [2.45, 2.75) is 26.3 Å². The van der Waals surface area contributed by atoms with Gasteiger partial charge in [0, 0.05) is 25.1 Å². The Balaban J connectivity index is 1.38. The molecule has 34 heavy (non-hydrogen) atoms. The van der Waals surface area contributed by atoms with Gasteiger partial charge in [0.05, 0.1) is 35.9 Å². The molecule has 1 fully saturated rings. The second-order valence-corrected chi connectivity index (χ2v) is 7.99. The summed E-state index contributed by atoms with van der Waals surface area (Å²) < 4.78 is 1.58. The smallest absolute Gasteiger partial charge is 0.310 e. The van der Waals surface area contributed by atoms with Crippen LogP contribution in [-0.4, -0.2) is 43.2 Å². The molecule has 10 heteroatoms. The predicted octanol–water partition coefficient (Wildman–Crippen LogP) is 3.97. The molecule has 172 valence electrons. The van der Waals surface area contributed by atoms with Gasteiger partial charge >= 0.3 is 6.03 Å². The first-order valence-corrected chi connectivity index (χ1v) is 10.9. The van der Waals surface area contributed by atoms with Crippen molar-refractivity contribution in [3.8, 4) is 11.3 Å². The zero-order valence-corrected chi connectivity index (χ0v) is 18.7. The third kappa shape index (κ3) is 4.30. The number of hydroxylamine groups is 2. The summed E-state index contributed by atoms with van der Waals surface area (Å²) in [5.74, 6) is 0.217. The molecule has 4 heterocycles. The number of urea groups is 1. The van der Waals surface area contributed by atoms with Gasteiger partial charge in [-0.05, 0) is 30.7 Å². The minimum atomic E-state index is -0.355. The van der Waals surface area contributed by atoms with Gasteiger partial charge in [-0.3, -0.25) is 14.6 Å². The number of nitrogens with one attached hydrogen (secondary N) is 2. The fraction of sp³-hybridized carbons (Fsp3) is 0.208. The molecule has 0 aliphatic carbocycles. The average Bonchev–Trinajstić information content (AvgIpc) is 3.47. The fourth-order valence-corrected chi connectivity index (χ4v) is 3.89. The summed E-state index contributed by atoms with van der Waals surface area (Å²) in [5.41, 5.74) is 4.22. The van der Waals surface area contributed by atoms with E-state index < -0.39 is 0 Å². The molecule has 5 rings (SSSR count). The maximum Gasteiger partial charge on any atom is 0.346 e. The minimum absolute atomic E-state index is 0.152. The van der Waals surface area contributed by atoms with Gasteiger partial charge in [-0.25, -0.2) is 14.3 Å². The average molecular weight is 457 g/mol. The van der Waals surface area contributed by atoms with Crippen LogP contribution in [0.1, 0.15) is 30.6 Å². The summed E-state index contributed by atoms with van der Waals surface area (Å²) in [5, 5.41) is 11.5. The summed E-state index contributed by atoms with van der Waals surface area (Å²) >= 11 is 0. The Hall–Kier alpha value is -4.31. The first-order valence-electron chi connectivity index (χ1n) is 10.9. The summed E-state index contributed by atoms with van der Waals surface area (Å²) in [6.45, 7) is 3.72. The molecule has 3 aromatic heterocycles. The molecule has 0 bridgehead atoms. The Morgan fingerprint density at radius 2 is 1.94 bits per heavy atom. The van der Waals surface area contributed by atoms with Crippen LogP contribution >= 0.6 is 0 Å². The molecular weight excluding hydrogens is 434 g/mol. The Morgan fingerprint density at radius 3 is 2.74 bits per heavy atom. The van der Waals surface area contributed by atoms with Crippen molar-refractivity contribution >= 4 is 29.1 Å². The predicted molar refractivity (Wildman–Crippen MR) is 126 cm³/mol. The third-order valence-electron chi connectivity index (χ3n) is 5.54. The van der Waals surface area contributed by atoms with E-state index >= 15 is 0 Å². The highest BCUT2D eigenvalue weighted by Crippen LogP contribution is 2.31. The number of fused-ring (bicyclic) bond motifs is 1. The van der Waals surface area contributed by atoms with Crippen LogP contribution in [0.25, 0.3) is 16.9 Å². The Kier molecular flexibility index (Phi) is 5.64. The van der Waals surface area contributed by atoms with Gasteiger partial charge in [-0.1, -0.05) is 30.3 Å². The van der Waals surface area contributed by atoms with Crippen LogP contribution in [0.15, 0.2) is 60.9 Å². The van der Waals surface area contributed by atoms with E-state index in [9.17, 15) is 9.59 Å². The van der Waals surface area contributed by atoms with Crippen molar-refractivity contribution in [1.82, 2.24) is 24.6 Å². The Morgan fingerprint density at radius 1 is 1.12 bits per heavy atom. The number of aryl methyl sites for hydroxylation is 1. The van der Waals surface area contributed by atoms with Crippen LogP contribution in [0.3, 0.4) is 0 Å². The maximum absolute atomic E-state index is 13.1. The number of anilines is 2. The number of amides is 3. The van der Waals surface area contributed by atoms with Gasteiger partial charge in [0.2, 0.25) is 5.91 Å². The van der Waals surface area contributed by atoms with Crippen molar-refractivity contribution in [2.75, 3.05) is 17.2 Å². The van der Waals surface area contributed by atoms with Gasteiger partial charge < -0.3 is 10.6 Å². The van der Waals surface area contributed by atoms with E-state index in [2.05, 4.69) is 25.7 Å². The molecule has 10 nitrogen and oxygen atoms in total. The van der Waals surface area contributed by atoms with E-state index in [0.29, 0.717) is 35.1 Å². The number of pyridine rings is 1. The topological polar surface area (TPSA) is 114 Å². The van der Waals surface area contributed by atoms with Crippen LogP contribution in [-0.2, 0) is 9.63 Å². The van der Waals surface area contributed by atoms with Crippen molar-refractivity contribution in [2.24, 2.45) is 0 Å². The van der Waals surface area contributed by atoms with Gasteiger partial charge in [0.1, 0.15) is 0 Å². The standard InChI is InChI=1S/C24H23N7O3/c1-15-20(27-24(33)31-21(10-11-34-31)17-6-4-3-5-7-17)12-18(13-25-15)19-8-9-23-28-22(26-16(2)32)14-30(23)29-19/h3-9,12-14,21H,10-11H2,1-2H3,(H,26,32)(H,27,33)/t21-/m0/s1. The van der Waals surface area contributed by atoms with Gasteiger partial charge in [-0.15, -0.1) is 0 Å². The highest BCUT2D eigenvalue weighted by molar-refractivity contribution is 5.90. The molecule has 1 atom stereocenters. The maximum atomic E-state index is 13.1. The minimum Gasteiger partial charge on any atom is -0.310 e. The summed E-state index contributed by atoms with van der Waals surface area (Å²) in [7, 11) is 0. The highest BCUT2D eigenvalue weighted by atomic mass is 16.7. The number of carbonyl (C=O) groups is 2. The number of benzene rings is 1. The first-order chi connectivity index (χ1) is 16.5. The van der Waals surface area contributed by atoms with Crippen LogP contribution in [0.4, 0.5) is 16.3 Å². The van der Waals surface area contributed by atoms with Crippen molar-refractivity contribution < 1.29 is 14.4 Å². The number of hydrogen-bond donors (Lipinski definition) is 2. The first kappa shape index (κ1) is 21.5. The molecule has 1 aliphatic heterocycles. The quantitative estimate of drug-likeness (QED) is 0.479. The van der Waals surface area contributed by atoms with Crippen LogP contribution < -0.4 is 10.6 Å². The lowest BCUT2D eigenvalue weighted by atomic mass is 10.1. The van der Waals surface area contributed by atoms with Crippen LogP contribution in [0.2, 0.25) is 0 Å². The Bertz CT molecular complexity index is 1370. The van der Waals surface area contributed by atoms with Crippen molar-refractivity contribution in [3.63, 3.8) is 0 Å². The molecule has 0 saturated carbocycles. The normalized spacial score (nSPS) is 15.5. The number of nitrogens with zero attached hydrogens (tertiary/aromatic N) is 5. The van der Waals surface area contributed by atoms with E-state index in [1.807, 2.05) is 49.4 Å². The molecule has 1 aromatic carbocycles. The molecule has 1 saturated heterocycles. The second kappa shape index (κ2) is 8.91. The molecule has 2 N–H and O–H groups in total. The molecule has 3 amide bonds. The summed E-state index contributed by atoms with van der Waals surface area (Å²) in [6, 6.07) is 14.8. The van der Waals surface area contributed by atoms with Gasteiger partial charge in [-0.2, -0.15) is 10.2 Å². The number of carbonyl (C=O) groups excluding carboxylic acids is 2. The van der Waals surface area contributed by atoms with E-state index in [-0.39, 0.29) is 18.0 Å². The lowest BCUT2D eigenvalue weighted by Gasteiger charge is -2.23. The number of imidazole rings is 1. The second-order valence-electron chi connectivity index (χ2n) is 7.99. The number of rotatable bonds is 4. The van der Waals surface area contributed by atoms with Gasteiger partial charge in [0.25, 0.3) is 0 Å². The Labute approximate surface area is 195 Å². The fourth-order valence-electron chi connectivity index (χ4n) is 3.89. The third-order valence-corrected chi connectivity index (χ3v) is 5.54.